The van der Waals surface area contributed by atoms with Crippen molar-refractivity contribution >= 4 is 29.2 Å². The van der Waals surface area contributed by atoms with E-state index in [1.807, 2.05) is 9.80 Å². The van der Waals surface area contributed by atoms with Gasteiger partial charge in [0.05, 0.1) is 30.7 Å². The van der Waals surface area contributed by atoms with Gasteiger partial charge >= 0.3 is 0 Å². The van der Waals surface area contributed by atoms with Gasteiger partial charge in [-0.15, -0.1) is 0 Å². The maximum Gasteiger partial charge on any atom is 0.239 e. The van der Waals surface area contributed by atoms with Crippen LogP contribution < -0.4 is 5.32 Å². The summed E-state index contributed by atoms with van der Waals surface area (Å²) in [6.07, 6.45) is 3.30. The van der Waals surface area contributed by atoms with E-state index in [0.29, 0.717) is 43.7 Å². The Hall–Kier alpha value is -1.70. The van der Waals surface area contributed by atoms with E-state index in [9.17, 15) is 9.59 Å². The number of hydrogen-bond acceptors (Lipinski definition) is 5. The quantitative estimate of drug-likeness (QED) is 0.867. The van der Waals surface area contributed by atoms with Crippen LogP contribution in [0.1, 0.15) is 12.8 Å². The number of carbonyl (C=O) groups is 2. The molecule has 0 radical (unpaired) electrons. The molecule has 2 aliphatic rings. The van der Waals surface area contributed by atoms with Gasteiger partial charge in [-0.25, -0.2) is 4.98 Å². The Morgan fingerprint density at radius 3 is 2.80 bits per heavy atom. The highest BCUT2D eigenvalue weighted by molar-refractivity contribution is 6.30. The number of nitrogens with one attached hydrogen (secondary N) is 1. The molecule has 1 aromatic heterocycles. The Bertz CT molecular complexity index is 604. The molecule has 0 bridgehead atoms. The molecule has 3 heterocycles. The third-order valence-corrected chi connectivity index (χ3v) is 4.76. The first kappa shape index (κ1) is 18.1. The van der Waals surface area contributed by atoms with E-state index in [1.54, 1.807) is 12.1 Å². The van der Waals surface area contributed by atoms with Gasteiger partial charge in [-0.3, -0.25) is 14.5 Å². The molecule has 25 heavy (non-hydrogen) atoms. The highest BCUT2D eigenvalue weighted by Gasteiger charge is 2.30. The van der Waals surface area contributed by atoms with Crippen molar-refractivity contribution in [2.45, 2.75) is 12.8 Å². The van der Waals surface area contributed by atoms with Crippen LogP contribution in [0.2, 0.25) is 5.02 Å². The number of amides is 2. The maximum absolute atomic E-state index is 12.6. The molecule has 0 spiro atoms. The molecule has 0 saturated carbocycles. The molecule has 2 saturated heterocycles. The molecule has 1 atom stereocenters. The molecular weight excluding hydrogens is 344 g/mol. The fourth-order valence-electron chi connectivity index (χ4n) is 3.28. The van der Waals surface area contributed by atoms with Gasteiger partial charge in [0.2, 0.25) is 11.8 Å². The topological polar surface area (TPSA) is 74.8 Å². The van der Waals surface area contributed by atoms with Crippen LogP contribution >= 0.6 is 11.6 Å². The van der Waals surface area contributed by atoms with Gasteiger partial charge in [0, 0.05) is 25.8 Å². The van der Waals surface area contributed by atoms with Crippen LogP contribution in [0, 0.1) is 5.92 Å². The molecule has 2 aliphatic heterocycles. The van der Waals surface area contributed by atoms with E-state index >= 15 is 0 Å². The summed E-state index contributed by atoms with van der Waals surface area (Å²) in [6.45, 7) is 4.26. The van der Waals surface area contributed by atoms with Crippen molar-refractivity contribution in [2.75, 3.05) is 51.3 Å². The lowest BCUT2D eigenvalue weighted by Gasteiger charge is -2.35. The number of likely N-dealkylation sites (tertiary alicyclic amines) is 1. The molecule has 0 aromatic carbocycles. The highest BCUT2D eigenvalue weighted by Crippen LogP contribution is 2.19. The van der Waals surface area contributed by atoms with Crippen molar-refractivity contribution in [1.82, 2.24) is 14.8 Å². The fourth-order valence-corrected chi connectivity index (χ4v) is 3.39. The van der Waals surface area contributed by atoms with E-state index in [2.05, 4.69) is 10.3 Å². The minimum atomic E-state index is -0.130. The summed E-state index contributed by atoms with van der Waals surface area (Å²) in [5, 5.41) is 3.29. The third-order valence-electron chi connectivity index (χ3n) is 4.54. The third kappa shape index (κ3) is 5.14. The minimum absolute atomic E-state index is 0.0340. The van der Waals surface area contributed by atoms with Gasteiger partial charge in [0.25, 0.3) is 0 Å². The molecule has 0 aliphatic carbocycles. The second kappa shape index (κ2) is 8.60. The predicted octanol–water partition coefficient (Wildman–Crippen LogP) is 1.24. The molecule has 2 fully saturated rings. The summed E-state index contributed by atoms with van der Waals surface area (Å²) in [5.74, 6) is 0.503. The Labute approximate surface area is 152 Å². The van der Waals surface area contributed by atoms with Crippen molar-refractivity contribution in [3.8, 4) is 0 Å². The van der Waals surface area contributed by atoms with E-state index in [1.165, 1.54) is 6.20 Å². The molecule has 7 nitrogen and oxygen atoms in total. The summed E-state index contributed by atoms with van der Waals surface area (Å²) >= 11 is 5.79. The van der Waals surface area contributed by atoms with Gasteiger partial charge in [0.1, 0.15) is 5.82 Å². The summed E-state index contributed by atoms with van der Waals surface area (Å²) in [7, 11) is 0. The van der Waals surface area contributed by atoms with Crippen molar-refractivity contribution in [2.24, 2.45) is 5.92 Å². The smallest absolute Gasteiger partial charge is 0.239 e. The first-order chi connectivity index (χ1) is 12.1. The average molecular weight is 367 g/mol. The Kier molecular flexibility index (Phi) is 6.23. The average Bonchev–Trinajstić information content (AvgIpc) is 2.64. The van der Waals surface area contributed by atoms with Crippen LogP contribution in [0.25, 0.3) is 0 Å². The minimum Gasteiger partial charge on any atom is -0.378 e. The van der Waals surface area contributed by atoms with Crippen LogP contribution in [0.3, 0.4) is 0 Å². The molecule has 3 rings (SSSR count). The van der Waals surface area contributed by atoms with E-state index in [0.717, 1.165) is 19.4 Å². The van der Waals surface area contributed by atoms with Gasteiger partial charge in [0.15, 0.2) is 0 Å². The lowest BCUT2D eigenvalue weighted by Crippen LogP contribution is -2.49. The monoisotopic (exact) mass is 366 g/mol. The second-order valence-electron chi connectivity index (χ2n) is 6.42. The number of halogens is 1. The Morgan fingerprint density at radius 2 is 2.08 bits per heavy atom. The standard InChI is InChI=1S/C17H23ClN4O3/c18-14-3-4-15(19-10-14)20-16(23)12-21-5-1-2-13(11-21)17(24)22-6-8-25-9-7-22/h3-4,10,13H,1-2,5-9,11-12H2,(H,19,20,23)/t13-/m1/s1. The summed E-state index contributed by atoms with van der Waals surface area (Å²) in [5.41, 5.74) is 0. The number of carbonyl (C=O) groups excluding carboxylic acids is 2. The summed E-state index contributed by atoms with van der Waals surface area (Å²) < 4.78 is 5.30. The van der Waals surface area contributed by atoms with Crippen LogP contribution in [0.15, 0.2) is 18.3 Å². The van der Waals surface area contributed by atoms with Crippen LogP contribution in [0.4, 0.5) is 5.82 Å². The first-order valence-electron chi connectivity index (χ1n) is 8.62. The zero-order valence-corrected chi connectivity index (χ0v) is 14.9. The first-order valence-corrected chi connectivity index (χ1v) is 9.00. The number of rotatable bonds is 4. The Morgan fingerprint density at radius 1 is 1.28 bits per heavy atom. The lowest BCUT2D eigenvalue weighted by atomic mass is 9.96. The maximum atomic E-state index is 12.6. The van der Waals surface area contributed by atoms with E-state index in [4.69, 9.17) is 16.3 Å². The lowest BCUT2D eigenvalue weighted by molar-refractivity contribution is -0.141. The second-order valence-corrected chi connectivity index (χ2v) is 6.86. The van der Waals surface area contributed by atoms with Crippen molar-refractivity contribution in [1.29, 1.82) is 0 Å². The van der Waals surface area contributed by atoms with Crippen molar-refractivity contribution in [3.05, 3.63) is 23.4 Å². The van der Waals surface area contributed by atoms with E-state index < -0.39 is 0 Å². The molecule has 1 N–H and O–H groups in total. The highest BCUT2D eigenvalue weighted by atomic mass is 35.5. The molecular formula is C17H23ClN4O3. The Balaban J connectivity index is 1.49. The van der Waals surface area contributed by atoms with Crippen molar-refractivity contribution in [3.63, 3.8) is 0 Å². The van der Waals surface area contributed by atoms with E-state index in [-0.39, 0.29) is 24.3 Å². The SMILES string of the molecule is O=C(CN1CCC[C@@H](C(=O)N2CCOCC2)C1)Nc1ccc(Cl)cn1. The number of pyridine rings is 1. The number of anilines is 1. The van der Waals surface area contributed by atoms with Gasteiger partial charge < -0.3 is 15.0 Å². The van der Waals surface area contributed by atoms with Crippen LogP contribution in [0.5, 0.6) is 0 Å². The number of aromatic nitrogens is 1. The fraction of sp³-hybridized carbons (Fsp3) is 0.588. The number of piperidine rings is 1. The number of morpholine rings is 1. The molecule has 1 aromatic rings. The normalized spacial score (nSPS) is 21.8. The number of hydrogen-bond donors (Lipinski definition) is 1. The largest absolute Gasteiger partial charge is 0.378 e. The van der Waals surface area contributed by atoms with Gasteiger partial charge in [-0.05, 0) is 31.5 Å². The van der Waals surface area contributed by atoms with Crippen LogP contribution in [-0.4, -0.2) is 72.5 Å². The summed E-state index contributed by atoms with van der Waals surface area (Å²) in [6, 6.07) is 3.35. The molecule has 0 unspecified atom stereocenters. The van der Waals surface area contributed by atoms with Gasteiger partial charge in [-0.1, -0.05) is 11.6 Å². The number of nitrogens with zero attached hydrogens (tertiary/aromatic N) is 3. The van der Waals surface area contributed by atoms with Crippen LogP contribution in [-0.2, 0) is 14.3 Å². The molecule has 2 amide bonds. The molecule has 8 heteroatoms. The zero-order chi connectivity index (χ0) is 17.6. The number of ether oxygens (including phenoxy) is 1. The summed E-state index contributed by atoms with van der Waals surface area (Å²) in [4.78, 5) is 32.8. The zero-order valence-electron chi connectivity index (χ0n) is 14.1. The van der Waals surface area contributed by atoms with Crippen molar-refractivity contribution < 1.29 is 14.3 Å². The molecule has 136 valence electrons. The van der Waals surface area contributed by atoms with Gasteiger partial charge in [-0.2, -0.15) is 0 Å². The predicted molar refractivity (Wildman–Crippen MR) is 94.4 cm³/mol.